The molecule has 0 aliphatic carbocycles. The van der Waals surface area contributed by atoms with E-state index in [1.54, 1.807) is 25.1 Å². The minimum absolute atomic E-state index is 0.0637. The number of furan rings is 1. The van der Waals surface area contributed by atoms with E-state index in [1.165, 1.54) is 21.3 Å². The van der Waals surface area contributed by atoms with Gasteiger partial charge in [-0.15, -0.1) is 16.9 Å². The standard InChI is InChI=1S/C20H19N7O4S2/c1-25-20(22-23-24-25)33-11-12-10-32-18-15(17(28)27(18)16(12)19(29)30)21-13-4-6-26(7-5-13)9-14-3-2-8-31-14/h2-8,15,18H,9-11H2,1H3,(H,29,30)/p+1/t15-,18?/m1/s1. The van der Waals surface area contributed by atoms with Gasteiger partial charge in [-0.1, -0.05) is 11.8 Å². The predicted octanol–water partition coefficient (Wildman–Crippen LogP) is 0.966. The van der Waals surface area contributed by atoms with Crippen molar-refractivity contribution < 1.29 is 23.7 Å². The Kier molecular flexibility index (Phi) is 5.81. The molecule has 2 N–H and O–H groups in total. The summed E-state index contributed by atoms with van der Waals surface area (Å²) in [5.74, 6) is 0.412. The third-order valence-electron chi connectivity index (χ3n) is 5.34. The molecule has 2 aliphatic heterocycles. The van der Waals surface area contributed by atoms with Crippen LogP contribution >= 0.6 is 23.5 Å². The van der Waals surface area contributed by atoms with Gasteiger partial charge in [-0.3, -0.25) is 9.69 Å². The molecule has 0 bridgehead atoms. The van der Waals surface area contributed by atoms with Crippen LogP contribution in [0.3, 0.4) is 0 Å². The van der Waals surface area contributed by atoms with Crippen molar-refractivity contribution in [2.24, 2.45) is 7.05 Å². The van der Waals surface area contributed by atoms with Crippen LogP contribution in [0, 0.1) is 0 Å². The number of aromatic nitrogens is 5. The van der Waals surface area contributed by atoms with E-state index in [9.17, 15) is 14.7 Å². The molecule has 1 saturated heterocycles. The van der Waals surface area contributed by atoms with Gasteiger partial charge in [0.25, 0.3) is 5.91 Å². The number of nitrogens with zero attached hydrogens (tertiary/aromatic N) is 6. The van der Waals surface area contributed by atoms with Crippen LogP contribution in [0.15, 0.2) is 63.8 Å². The molecule has 2 aliphatic rings. The van der Waals surface area contributed by atoms with Gasteiger partial charge in [0.2, 0.25) is 11.7 Å². The molecule has 3 aromatic heterocycles. The maximum Gasteiger partial charge on any atom is 0.352 e. The summed E-state index contributed by atoms with van der Waals surface area (Å²) >= 11 is 2.90. The lowest BCUT2D eigenvalue weighted by Gasteiger charge is -2.49. The Balaban J connectivity index is 1.26. The summed E-state index contributed by atoms with van der Waals surface area (Å²) in [6, 6.07) is 7.04. The minimum atomic E-state index is -1.10. The van der Waals surface area contributed by atoms with Crippen LogP contribution in [0.1, 0.15) is 5.76 Å². The summed E-state index contributed by atoms with van der Waals surface area (Å²) in [5, 5.41) is 24.7. The lowest BCUT2D eigenvalue weighted by atomic mass is 10.0. The maximum atomic E-state index is 12.9. The molecule has 13 heteroatoms. The third kappa shape index (κ3) is 4.20. The number of carbonyl (C=O) groups is 2. The number of anilines is 1. The zero-order valence-corrected chi connectivity index (χ0v) is 19.1. The first-order valence-electron chi connectivity index (χ1n) is 10.0. The van der Waals surface area contributed by atoms with Crippen LogP contribution in [0.2, 0.25) is 0 Å². The van der Waals surface area contributed by atoms with E-state index in [1.807, 2.05) is 41.2 Å². The lowest BCUT2D eigenvalue weighted by Crippen LogP contribution is -2.67. The van der Waals surface area contributed by atoms with Gasteiger partial charge < -0.3 is 14.8 Å². The van der Waals surface area contributed by atoms with E-state index in [4.69, 9.17) is 4.42 Å². The molecule has 3 aromatic rings. The van der Waals surface area contributed by atoms with Crippen molar-refractivity contribution in [3.8, 4) is 0 Å². The van der Waals surface area contributed by atoms with Crippen LogP contribution in [-0.4, -0.2) is 65.0 Å². The molecule has 0 spiro atoms. The molecule has 0 aromatic carbocycles. The first-order chi connectivity index (χ1) is 16.0. The highest BCUT2D eigenvalue weighted by atomic mass is 32.2. The van der Waals surface area contributed by atoms with Gasteiger partial charge in [-0.2, -0.15) is 4.57 Å². The number of tetrazole rings is 1. The second-order valence-electron chi connectivity index (χ2n) is 7.50. The van der Waals surface area contributed by atoms with Crippen molar-refractivity contribution in [2.75, 3.05) is 16.8 Å². The highest BCUT2D eigenvalue weighted by molar-refractivity contribution is 8.01. The van der Waals surface area contributed by atoms with Gasteiger partial charge >= 0.3 is 5.97 Å². The van der Waals surface area contributed by atoms with Crippen molar-refractivity contribution in [3.05, 3.63) is 60.0 Å². The van der Waals surface area contributed by atoms with Crippen LogP contribution in [0.25, 0.3) is 0 Å². The summed E-state index contributed by atoms with van der Waals surface area (Å²) in [4.78, 5) is 26.3. The van der Waals surface area contributed by atoms with Crippen molar-refractivity contribution in [1.82, 2.24) is 25.1 Å². The van der Waals surface area contributed by atoms with Gasteiger partial charge in [0, 0.05) is 36.4 Å². The Morgan fingerprint density at radius 3 is 2.88 bits per heavy atom. The Morgan fingerprint density at radius 1 is 1.39 bits per heavy atom. The molecule has 170 valence electrons. The molecule has 1 fully saturated rings. The van der Waals surface area contributed by atoms with Crippen LogP contribution in [-0.2, 0) is 23.2 Å². The van der Waals surface area contributed by atoms with Gasteiger partial charge in [-0.25, -0.2) is 9.48 Å². The van der Waals surface area contributed by atoms with Gasteiger partial charge in [0.15, 0.2) is 18.2 Å². The molecule has 11 nitrogen and oxygen atoms in total. The number of hydrogen-bond acceptors (Lipinski definition) is 9. The fraction of sp³-hybridized carbons (Fsp3) is 0.300. The number of aryl methyl sites for hydroxylation is 1. The fourth-order valence-electron chi connectivity index (χ4n) is 3.71. The van der Waals surface area contributed by atoms with E-state index in [0.717, 1.165) is 11.4 Å². The highest BCUT2D eigenvalue weighted by Crippen LogP contribution is 2.42. The largest absolute Gasteiger partial charge is 0.477 e. The van der Waals surface area contributed by atoms with Crippen LogP contribution < -0.4 is 9.88 Å². The minimum Gasteiger partial charge on any atom is -0.477 e. The normalized spacial score (nSPS) is 19.9. The van der Waals surface area contributed by atoms with Crippen molar-refractivity contribution in [2.45, 2.75) is 23.1 Å². The van der Waals surface area contributed by atoms with E-state index in [-0.39, 0.29) is 17.0 Å². The number of aliphatic carboxylic acids is 1. The lowest BCUT2D eigenvalue weighted by molar-refractivity contribution is -0.689. The molecule has 5 heterocycles. The molecular weight excluding hydrogens is 466 g/mol. The molecule has 2 atom stereocenters. The van der Waals surface area contributed by atoms with Crippen molar-refractivity contribution in [3.63, 3.8) is 0 Å². The highest BCUT2D eigenvalue weighted by Gasteiger charge is 2.53. The third-order valence-corrected chi connectivity index (χ3v) is 7.77. The van der Waals surface area contributed by atoms with E-state index in [0.29, 0.717) is 28.8 Å². The number of thioether (sulfide) groups is 2. The number of β-lactam (4-membered cyclic amide) rings is 1. The second kappa shape index (κ2) is 8.90. The molecular formula is C20H20N7O4S2+. The zero-order valence-electron chi connectivity index (χ0n) is 17.5. The summed E-state index contributed by atoms with van der Waals surface area (Å²) < 4.78 is 8.85. The number of fused-ring (bicyclic) bond motifs is 1. The first kappa shape index (κ1) is 21.5. The second-order valence-corrected chi connectivity index (χ2v) is 9.55. The molecule has 1 unspecified atom stereocenters. The average molecular weight is 487 g/mol. The Hall–Kier alpha value is -3.32. The van der Waals surface area contributed by atoms with Crippen LogP contribution in [0.5, 0.6) is 0 Å². The van der Waals surface area contributed by atoms with E-state index in [2.05, 4.69) is 20.8 Å². The Morgan fingerprint density at radius 2 is 2.21 bits per heavy atom. The molecule has 5 rings (SSSR count). The molecule has 1 amide bonds. The quantitative estimate of drug-likeness (QED) is 0.270. The Bertz CT molecular complexity index is 1210. The number of rotatable bonds is 8. The first-order valence-corrected chi connectivity index (χ1v) is 12.1. The van der Waals surface area contributed by atoms with Gasteiger partial charge in [0.1, 0.15) is 17.1 Å². The number of hydrogen-bond donors (Lipinski definition) is 2. The summed E-state index contributed by atoms with van der Waals surface area (Å²) in [6.07, 6.45) is 5.44. The Labute approximate surface area is 196 Å². The number of carbonyl (C=O) groups excluding carboxylic acids is 1. The summed E-state index contributed by atoms with van der Waals surface area (Å²) in [7, 11) is 1.72. The molecule has 0 saturated carbocycles. The van der Waals surface area contributed by atoms with E-state index < -0.39 is 12.0 Å². The maximum absolute atomic E-state index is 12.9. The summed E-state index contributed by atoms with van der Waals surface area (Å²) in [5.41, 5.74) is 1.54. The smallest absolute Gasteiger partial charge is 0.352 e. The van der Waals surface area contributed by atoms with Gasteiger partial charge in [0.05, 0.1) is 6.26 Å². The van der Waals surface area contributed by atoms with Gasteiger partial charge in [-0.05, 0) is 28.1 Å². The fourth-order valence-corrected chi connectivity index (χ4v) is 6.05. The number of carboxylic acid groups (broad SMARTS) is 1. The van der Waals surface area contributed by atoms with Crippen molar-refractivity contribution in [1.29, 1.82) is 0 Å². The topological polar surface area (TPSA) is 130 Å². The SMILES string of the molecule is Cn1nnnc1SCC1=C(C(=O)O)N2C(=O)[C@@H](Nc3cc[n+](Cc4ccco4)cc3)C2SC1. The van der Waals surface area contributed by atoms with Crippen molar-refractivity contribution >= 4 is 41.1 Å². The number of carboxylic acids is 1. The summed E-state index contributed by atoms with van der Waals surface area (Å²) in [6.45, 7) is 0.611. The monoisotopic (exact) mass is 486 g/mol. The zero-order chi connectivity index (χ0) is 22.9. The van der Waals surface area contributed by atoms with Crippen LogP contribution in [0.4, 0.5) is 5.69 Å². The predicted molar refractivity (Wildman–Crippen MR) is 119 cm³/mol. The number of amides is 1. The molecule has 33 heavy (non-hydrogen) atoms. The number of nitrogens with one attached hydrogen (secondary N) is 1. The average Bonchev–Trinajstić information content (AvgIpc) is 3.47. The molecule has 0 radical (unpaired) electrons. The van der Waals surface area contributed by atoms with E-state index >= 15 is 0 Å². The number of pyridine rings is 1.